The predicted molar refractivity (Wildman–Crippen MR) is 116 cm³/mol. The van der Waals surface area contributed by atoms with Crippen LogP contribution in [0.5, 0.6) is 0 Å². The third kappa shape index (κ3) is 4.69. The van der Waals surface area contributed by atoms with E-state index in [1.54, 1.807) is 18.5 Å². The lowest BCUT2D eigenvalue weighted by Crippen LogP contribution is -2.14. The van der Waals surface area contributed by atoms with Crippen LogP contribution in [-0.2, 0) is 11.2 Å². The van der Waals surface area contributed by atoms with E-state index in [0.29, 0.717) is 27.8 Å². The molecule has 9 heteroatoms. The molecule has 4 aromatic rings. The first kappa shape index (κ1) is 21.5. The molecular formula is C21H18Cl2N4O3. The molecule has 0 unspecified atom stereocenters. The van der Waals surface area contributed by atoms with Crippen molar-refractivity contribution in [2.24, 2.45) is 0 Å². The van der Waals surface area contributed by atoms with Crippen molar-refractivity contribution in [3.63, 3.8) is 0 Å². The van der Waals surface area contributed by atoms with Crippen LogP contribution in [-0.4, -0.2) is 30.7 Å². The number of nitrogens with one attached hydrogen (secondary N) is 1. The second kappa shape index (κ2) is 9.11. The van der Waals surface area contributed by atoms with E-state index < -0.39 is 5.97 Å². The fourth-order valence-electron chi connectivity index (χ4n) is 2.95. The van der Waals surface area contributed by atoms with Gasteiger partial charge in [0.25, 0.3) is 11.5 Å². The molecule has 30 heavy (non-hydrogen) atoms. The van der Waals surface area contributed by atoms with Gasteiger partial charge in [0.2, 0.25) is 0 Å². The summed E-state index contributed by atoms with van der Waals surface area (Å²) in [5.74, 6) is -0.833. The topological polar surface area (TPSA) is 100 Å². The first-order valence-corrected chi connectivity index (χ1v) is 9.67. The van der Waals surface area contributed by atoms with E-state index in [2.05, 4.69) is 10.1 Å². The number of benzene rings is 1. The summed E-state index contributed by atoms with van der Waals surface area (Å²) in [5, 5.41) is 11.5. The molecule has 2 N–H and O–H groups in total. The van der Waals surface area contributed by atoms with Crippen molar-refractivity contribution >= 4 is 34.8 Å². The van der Waals surface area contributed by atoms with Gasteiger partial charge in [0.1, 0.15) is 0 Å². The van der Waals surface area contributed by atoms with Crippen molar-refractivity contribution in [1.29, 1.82) is 0 Å². The minimum Gasteiger partial charge on any atom is -0.481 e. The number of carboxylic acid groups (broad SMARTS) is 1. The highest BCUT2D eigenvalue weighted by atomic mass is 35.5. The maximum Gasteiger partial charge on any atom is 0.300 e. The highest BCUT2D eigenvalue weighted by Crippen LogP contribution is 2.29. The number of aromatic nitrogens is 4. The van der Waals surface area contributed by atoms with Crippen molar-refractivity contribution in [1.82, 2.24) is 19.6 Å². The van der Waals surface area contributed by atoms with E-state index in [9.17, 15) is 4.79 Å². The first-order valence-electron chi connectivity index (χ1n) is 8.92. The molecule has 0 saturated carbocycles. The van der Waals surface area contributed by atoms with Gasteiger partial charge in [0.15, 0.2) is 5.65 Å². The summed E-state index contributed by atoms with van der Waals surface area (Å²) in [6.45, 7) is 2.99. The average Bonchev–Trinajstić information content (AvgIpc) is 3.02. The molecule has 0 aliphatic rings. The first-order chi connectivity index (χ1) is 14.3. The van der Waals surface area contributed by atoms with Crippen LogP contribution >= 0.6 is 23.2 Å². The Balaban J connectivity index is 0.000000589. The molecule has 0 aliphatic carbocycles. The van der Waals surface area contributed by atoms with Crippen LogP contribution in [0.3, 0.4) is 0 Å². The average molecular weight is 445 g/mol. The summed E-state index contributed by atoms with van der Waals surface area (Å²) >= 11 is 12.5. The fraction of sp³-hybridized carbons (Fsp3) is 0.143. The van der Waals surface area contributed by atoms with Gasteiger partial charge in [0, 0.05) is 48.6 Å². The summed E-state index contributed by atoms with van der Waals surface area (Å²) in [5.41, 5.74) is 4.50. The van der Waals surface area contributed by atoms with Crippen LogP contribution < -0.4 is 5.56 Å². The van der Waals surface area contributed by atoms with Gasteiger partial charge in [0.05, 0.1) is 15.7 Å². The van der Waals surface area contributed by atoms with Gasteiger partial charge in [-0.2, -0.15) is 0 Å². The van der Waals surface area contributed by atoms with Crippen molar-refractivity contribution in [2.45, 2.75) is 20.3 Å². The zero-order valence-corrected chi connectivity index (χ0v) is 17.7. The van der Waals surface area contributed by atoms with Crippen molar-refractivity contribution < 1.29 is 9.90 Å². The van der Waals surface area contributed by atoms with Crippen LogP contribution in [0.2, 0.25) is 10.0 Å². The van der Waals surface area contributed by atoms with Gasteiger partial charge in [-0.25, -0.2) is 9.50 Å². The predicted octanol–water partition coefficient (Wildman–Crippen LogP) is 4.38. The molecule has 154 valence electrons. The van der Waals surface area contributed by atoms with Crippen LogP contribution in [0.1, 0.15) is 23.7 Å². The molecule has 4 rings (SSSR count). The van der Waals surface area contributed by atoms with Gasteiger partial charge >= 0.3 is 0 Å². The maximum atomic E-state index is 12.5. The summed E-state index contributed by atoms with van der Waals surface area (Å²) < 4.78 is 1.45. The zero-order valence-electron chi connectivity index (χ0n) is 16.2. The van der Waals surface area contributed by atoms with Crippen molar-refractivity contribution in [3.05, 3.63) is 86.0 Å². The number of rotatable bonds is 3. The Bertz CT molecular complexity index is 1260. The number of carbonyl (C=O) groups is 1. The number of aryl methyl sites for hydroxylation is 1. The normalized spacial score (nSPS) is 10.5. The fourth-order valence-corrected chi connectivity index (χ4v) is 3.34. The molecule has 0 bridgehead atoms. The molecular weight excluding hydrogens is 427 g/mol. The smallest absolute Gasteiger partial charge is 0.300 e. The number of hydrogen-bond acceptors (Lipinski definition) is 4. The van der Waals surface area contributed by atoms with Crippen LogP contribution in [0, 0.1) is 6.92 Å². The van der Waals surface area contributed by atoms with E-state index in [0.717, 1.165) is 29.3 Å². The second-order valence-electron chi connectivity index (χ2n) is 6.50. The summed E-state index contributed by atoms with van der Waals surface area (Å²) in [7, 11) is 0. The maximum absolute atomic E-state index is 12.5. The highest BCUT2D eigenvalue weighted by molar-refractivity contribution is 6.42. The number of carboxylic acids is 1. The van der Waals surface area contributed by atoms with Gasteiger partial charge < -0.3 is 5.11 Å². The van der Waals surface area contributed by atoms with Gasteiger partial charge in [-0.1, -0.05) is 35.3 Å². The lowest BCUT2D eigenvalue weighted by atomic mass is 10.1. The quantitative estimate of drug-likeness (QED) is 0.488. The third-order valence-electron chi connectivity index (χ3n) is 4.30. The Kier molecular flexibility index (Phi) is 6.54. The molecule has 3 aromatic heterocycles. The lowest BCUT2D eigenvalue weighted by molar-refractivity contribution is -0.134. The standard InChI is InChI=1S/C19H14Cl2N4O.C2H4O2/c1-11-14(9-13-3-2-4-15(20)18(13)21)19-23-16(10-17(26)25(19)24-11)12-5-7-22-8-6-12;1-2(3)4/h2-8,10,24H,9H2,1H3;1H3,(H,3,4). The number of H-pyrrole nitrogens is 1. The third-order valence-corrected chi connectivity index (χ3v) is 5.15. The number of nitrogens with zero attached hydrogens (tertiary/aromatic N) is 3. The van der Waals surface area contributed by atoms with Crippen LogP contribution in [0.15, 0.2) is 53.6 Å². The Morgan fingerprint density at radius 1 is 1.20 bits per heavy atom. The number of hydrogen-bond donors (Lipinski definition) is 2. The van der Waals surface area contributed by atoms with E-state index in [4.69, 9.17) is 38.1 Å². The number of pyridine rings is 1. The van der Waals surface area contributed by atoms with Crippen LogP contribution in [0.4, 0.5) is 0 Å². The Labute approximate surface area is 181 Å². The lowest BCUT2D eigenvalue weighted by Gasteiger charge is -2.06. The molecule has 0 atom stereocenters. The van der Waals surface area contributed by atoms with Gasteiger partial charge in [-0.15, -0.1) is 0 Å². The van der Waals surface area contributed by atoms with E-state index in [1.807, 2.05) is 31.2 Å². The molecule has 0 saturated heterocycles. The molecule has 0 aliphatic heterocycles. The molecule has 0 amide bonds. The van der Waals surface area contributed by atoms with Crippen molar-refractivity contribution in [3.8, 4) is 11.3 Å². The van der Waals surface area contributed by atoms with Crippen molar-refractivity contribution in [2.75, 3.05) is 0 Å². The monoisotopic (exact) mass is 444 g/mol. The largest absolute Gasteiger partial charge is 0.481 e. The molecule has 0 fully saturated rings. The Morgan fingerprint density at radius 2 is 1.87 bits per heavy atom. The summed E-state index contributed by atoms with van der Waals surface area (Å²) in [6, 6.07) is 10.7. The number of halogens is 2. The minimum absolute atomic E-state index is 0.173. The van der Waals surface area contributed by atoms with E-state index >= 15 is 0 Å². The highest BCUT2D eigenvalue weighted by Gasteiger charge is 2.16. The molecule has 0 spiro atoms. The second-order valence-corrected chi connectivity index (χ2v) is 7.28. The Hall–Kier alpha value is -3.16. The number of aliphatic carboxylic acids is 1. The van der Waals surface area contributed by atoms with E-state index in [-0.39, 0.29) is 5.56 Å². The molecule has 7 nitrogen and oxygen atoms in total. The molecule has 3 heterocycles. The van der Waals surface area contributed by atoms with Gasteiger partial charge in [-0.3, -0.25) is 19.7 Å². The number of fused-ring (bicyclic) bond motifs is 1. The van der Waals surface area contributed by atoms with E-state index in [1.165, 1.54) is 10.6 Å². The summed E-state index contributed by atoms with van der Waals surface area (Å²) in [6.07, 6.45) is 3.87. The minimum atomic E-state index is -0.833. The number of aromatic amines is 1. The van der Waals surface area contributed by atoms with Gasteiger partial charge in [-0.05, 0) is 30.7 Å². The SMILES string of the molecule is CC(=O)O.Cc1[nH]n2c(=O)cc(-c3ccncc3)nc2c1Cc1cccc(Cl)c1Cl. The Morgan fingerprint density at radius 3 is 2.53 bits per heavy atom. The summed E-state index contributed by atoms with van der Waals surface area (Å²) in [4.78, 5) is 30.3. The molecule has 0 radical (unpaired) electrons. The zero-order chi connectivity index (χ0) is 21.8. The van der Waals surface area contributed by atoms with Crippen LogP contribution in [0.25, 0.3) is 16.9 Å². The molecule has 1 aromatic carbocycles.